The first-order valence-corrected chi connectivity index (χ1v) is 13.1. The Bertz CT molecular complexity index is 639. The summed E-state index contributed by atoms with van der Waals surface area (Å²) in [6, 6.07) is 0. The van der Waals surface area contributed by atoms with Crippen LogP contribution in [0.2, 0.25) is 0 Å². The van der Waals surface area contributed by atoms with E-state index >= 15 is 0 Å². The van der Waals surface area contributed by atoms with Crippen LogP contribution in [0.4, 0.5) is 0 Å². The lowest BCUT2D eigenvalue weighted by molar-refractivity contribution is -0.0884. The zero-order valence-corrected chi connectivity index (χ0v) is 20.6. The monoisotopic (exact) mass is 416 g/mol. The molecule has 30 heavy (non-hydrogen) atoms. The molecular weight excluding hydrogens is 368 g/mol. The fourth-order valence-corrected chi connectivity index (χ4v) is 8.95. The molecule has 0 aromatic rings. The third kappa shape index (κ3) is 3.72. The van der Waals surface area contributed by atoms with E-state index in [1.54, 1.807) is 0 Å². The van der Waals surface area contributed by atoms with E-state index in [2.05, 4.69) is 40.7 Å². The molecule has 0 bridgehead atoms. The van der Waals surface area contributed by atoms with Crippen molar-refractivity contribution in [3.63, 3.8) is 0 Å². The van der Waals surface area contributed by atoms with E-state index < -0.39 is 0 Å². The molecule has 0 saturated heterocycles. The molecule has 4 aliphatic rings. The van der Waals surface area contributed by atoms with Gasteiger partial charge >= 0.3 is 0 Å². The van der Waals surface area contributed by atoms with Crippen molar-refractivity contribution in [2.24, 2.45) is 46.3 Å². The molecule has 3 saturated carbocycles. The minimum Gasteiger partial charge on any atom is -0.389 e. The summed E-state index contributed by atoms with van der Waals surface area (Å²) in [7, 11) is 1.81. The number of hydrogen-bond donors (Lipinski definition) is 1. The summed E-state index contributed by atoms with van der Waals surface area (Å²) >= 11 is 0. The number of ether oxygens (including phenoxy) is 1. The van der Waals surface area contributed by atoms with E-state index in [-0.39, 0.29) is 17.6 Å². The van der Waals surface area contributed by atoms with Crippen molar-refractivity contribution in [3.05, 3.63) is 11.6 Å². The molecule has 3 fully saturated rings. The highest BCUT2D eigenvalue weighted by molar-refractivity contribution is 5.29. The van der Waals surface area contributed by atoms with Gasteiger partial charge in [0.2, 0.25) is 0 Å². The summed E-state index contributed by atoms with van der Waals surface area (Å²) in [6.07, 6.45) is 15.3. The van der Waals surface area contributed by atoms with E-state index in [0.29, 0.717) is 11.3 Å². The Balaban J connectivity index is 1.52. The van der Waals surface area contributed by atoms with Gasteiger partial charge < -0.3 is 9.84 Å². The van der Waals surface area contributed by atoms with Crippen LogP contribution in [0.1, 0.15) is 98.8 Å². The molecule has 172 valence electrons. The molecule has 2 heteroatoms. The Morgan fingerprint density at radius 1 is 1.03 bits per heavy atom. The number of rotatable bonds is 6. The molecule has 0 aromatic heterocycles. The van der Waals surface area contributed by atoms with Gasteiger partial charge in [0.15, 0.2) is 0 Å². The van der Waals surface area contributed by atoms with Crippen molar-refractivity contribution >= 4 is 0 Å². The molecular formula is C28H48O2. The maximum Gasteiger partial charge on any atom is 0.0759 e. The lowest BCUT2D eigenvalue weighted by Gasteiger charge is -2.60. The zero-order chi connectivity index (χ0) is 21.7. The fraction of sp³-hybridized carbons (Fsp3) is 0.929. The van der Waals surface area contributed by atoms with Gasteiger partial charge in [-0.05, 0) is 96.9 Å². The smallest absolute Gasteiger partial charge is 0.0759 e. The summed E-state index contributed by atoms with van der Waals surface area (Å²) in [5, 5.41) is 11.2. The summed E-state index contributed by atoms with van der Waals surface area (Å²) in [5.74, 6) is 4.88. The zero-order valence-electron chi connectivity index (χ0n) is 20.6. The van der Waals surface area contributed by atoms with Crippen LogP contribution >= 0.6 is 0 Å². The Labute approximate surface area is 186 Å². The quantitative estimate of drug-likeness (QED) is 0.472. The molecule has 0 aliphatic heterocycles. The third-order valence-electron chi connectivity index (χ3n) is 10.6. The second-order valence-corrected chi connectivity index (χ2v) is 12.5. The Morgan fingerprint density at radius 2 is 1.80 bits per heavy atom. The van der Waals surface area contributed by atoms with Crippen molar-refractivity contribution in [2.45, 2.75) is 111 Å². The first-order chi connectivity index (χ1) is 14.2. The summed E-state index contributed by atoms with van der Waals surface area (Å²) in [6.45, 7) is 12.4. The largest absolute Gasteiger partial charge is 0.389 e. The van der Waals surface area contributed by atoms with Gasteiger partial charge in [-0.15, -0.1) is 0 Å². The Morgan fingerprint density at radius 3 is 2.50 bits per heavy atom. The molecule has 4 rings (SSSR count). The van der Waals surface area contributed by atoms with Gasteiger partial charge in [-0.25, -0.2) is 0 Å². The second-order valence-electron chi connectivity index (χ2n) is 12.5. The van der Waals surface area contributed by atoms with Gasteiger partial charge in [0, 0.05) is 7.11 Å². The predicted octanol–water partition coefficient (Wildman–Crippen LogP) is 7.01. The highest BCUT2D eigenvalue weighted by Crippen LogP contribution is 2.67. The van der Waals surface area contributed by atoms with Gasteiger partial charge in [0.05, 0.1) is 12.2 Å². The average Bonchev–Trinajstić information content (AvgIpc) is 3.05. The van der Waals surface area contributed by atoms with Gasteiger partial charge in [0.1, 0.15) is 0 Å². The van der Waals surface area contributed by atoms with Crippen molar-refractivity contribution in [2.75, 3.05) is 7.11 Å². The summed E-state index contributed by atoms with van der Waals surface area (Å²) in [5.41, 5.74) is 2.01. The van der Waals surface area contributed by atoms with Crippen LogP contribution in [0.5, 0.6) is 0 Å². The third-order valence-corrected chi connectivity index (χ3v) is 10.6. The van der Waals surface area contributed by atoms with E-state index in [1.165, 1.54) is 56.9 Å². The maximum atomic E-state index is 11.2. The van der Waals surface area contributed by atoms with E-state index in [1.807, 2.05) is 7.11 Å². The minimum atomic E-state index is -0.251. The average molecular weight is 417 g/mol. The van der Waals surface area contributed by atoms with Gasteiger partial charge in [-0.3, -0.25) is 0 Å². The van der Waals surface area contributed by atoms with Gasteiger partial charge in [0.25, 0.3) is 0 Å². The SMILES string of the molecule is CO[C@@H]1C=C2[C@@H](O)C[C@H]3[C@@H]4CC[C@H]([C@H](C)CCCC(C)C)[C@@]4(C)CC[C@@H]3[C@@]2(C)CC1. The van der Waals surface area contributed by atoms with Crippen LogP contribution in [0.15, 0.2) is 11.6 Å². The number of methoxy groups -OCH3 is 1. The maximum absolute atomic E-state index is 11.2. The fourth-order valence-electron chi connectivity index (χ4n) is 8.95. The van der Waals surface area contributed by atoms with Gasteiger partial charge in [-0.2, -0.15) is 0 Å². The first kappa shape index (κ1) is 22.8. The van der Waals surface area contributed by atoms with Gasteiger partial charge in [-0.1, -0.05) is 60.0 Å². The van der Waals surface area contributed by atoms with Crippen molar-refractivity contribution < 1.29 is 9.84 Å². The molecule has 0 heterocycles. The van der Waals surface area contributed by atoms with Crippen molar-refractivity contribution in [1.29, 1.82) is 0 Å². The standard InChI is InChI=1S/C28H48O2/c1-18(2)8-7-9-19(3)22-10-11-23-21-17-26(29)25-16-20(30-6)12-14-28(25,5)24(21)13-15-27(22,23)4/h16,18-24,26,29H,7-15,17H2,1-6H3/t19-,20+,21+,22-,23+,24+,26+,27-,28-/m1/s1. The highest BCUT2D eigenvalue weighted by Gasteiger charge is 2.60. The molecule has 1 N–H and O–H groups in total. The molecule has 0 radical (unpaired) electrons. The topological polar surface area (TPSA) is 29.5 Å². The van der Waals surface area contributed by atoms with Crippen LogP contribution in [0.3, 0.4) is 0 Å². The Hall–Kier alpha value is -0.340. The summed E-state index contributed by atoms with van der Waals surface area (Å²) < 4.78 is 5.65. The minimum absolute atomic E-state index is 0.194. The highest BCUT2D eigenvalue weighted by atomic mass is 16.5. The number of fused-ring (bicyclic) bond motifs is 5. The van der Waals surface area contributed by atoms with Crippen LogP contribution < -0.4 is 0 Å². The predicted molar refractivity (Wildman–Crippen MR) is 125 cm³/mol. The lowest BCUT2D eigenvalue weighted by atomic mass is 9.46. The molecule has 2 nitrogen and oxygen atoms in total. The van der Waals surface area contributed by atoms with E-state index in [0.717, 1.165) is 42.4 Å². The van der Waals surface area contributed by atoms with Crippen LogP contribution in [-0.2, 0) is 4.74 Å². The molecule has 0 aromatic carbocycles. The first-order valence-electron chi connectivity index (χ1n) is 13.1. The molecule has 4 aliphatic carbocycles. The molecule has 9 atom stereocenters. The second kappa shape index (κ2) is 8.54. The van der Waals surface area contributed by atoms with Crippen LogP contribution in [0.25, 0.3) is 0 Å². The van der Waals surface area contributed by atoms with Crippen molar-refractivity contribution in [3.8, 4) is 0 Å². The number of aliphatic hydroxyl groups excluding tert-OH is 1. The lowest BCUT2D eigenvalue weighted by Crippen LogP contribution is -2.54. The molecule has 0 spiro atoms. The van der Waals surface area contributed by atoms with Crippen molar-refractivity contribution in [1.82, 2.24) is 0 Å². The molecule has 0 amide bonds. The summed E-state index contributed by atoms with van der Waals surface area (Å²) in [4.78, 5) is 0. The Kier molecular flexibility index (Phi) is 6.50. The van der Waals surface area contributed by atoms with E-state index in [4.69, 9.17) is 4.74 Å². The van der Waals surface area contributed by atoms with E-state index in [9.17, 15) is 5.11 Å². The van der Waals surface area contributed by atoms with Crippen LogP contribution in [-0.4, -0.2) is 24.4 Å². The number of hydrogen-bond acceptors (Lipinski definition) is 2. The van der Waals surface area contributed by atoms with Crippen LogP contribution in [0, 0.1) is 46.3 Å². The molecule has 0 unspecified atom stereocenters. The normalized spacial score (nSPS) is 46.7. The number of aliphatic hydroxyl groups is 1.